The van der Waals surface area contributed by atoms with Crippen LogP contribution in [0.4, 0.5) is 0 Å². The summed E-state index contributed by atoms with van der Waals surface area (Å²) in [6.45, 7) is 4.64. The monoisotopic (exact) mass is 365 g/mol. The lowest BCUT2D eigenvalue weighted by Crippen LogP contribution is -2.85. The highest BCUT2D eigenvalue weighted by molar-refractivity contribution is 5.78. The van der Waals surface area contributed by atoms with Crippen molar-refractivity contribution in [2.24, 2.45) is 11.7 Å². The van der Waals surface area contributed by atoms with Crippen LogP contribution in [-0.2, 0) is 17.9 Å². The van der Waals surface area contributed by atoms with Crippen molar-refractivity contribution in [3.63, 3.8) is 0 Å². The van der Waals surface area contributed by atoms with Crippen molar-refractivity contribution in [3.05, 3.63) is 76.3 Å². The van der Waals surface area contributed by atoms with E-state index in [1.54, 1.807) is 12.1 Å². The molecule has 0 fully saturated rings. The molecule has 3 rings (SSSR count). The van der Waals surface area contributed by atoms with Gasteiger partial charge in [0.1, 0.15) is 19.1 Å². The number of para-hydroxylation sites is 1. The first-order chi connectivity index (χ1) is 13.0. The molecule has 6 nitrogen and oxygen atoms in total. The summed E-state index contributed by atoms with van der Waals surface area (Å²) in [7, 11) is 0. The molecule has 0 aliphatic carbocycles. The number of nitrogens with zero attached hydrogens (tertiary/aromatic N) is 2. The summed E-state index contributed by atoms with van der Waals surface area (Å²) < 4.78 is 1.39. The Bertz CT molecular complexity index is 996. The molecule has 0 radical (unpaired) electrons. The van der Waals surface area contributed by atoms with E-state index in [4.69, 9.17) is 5.73 Å². The Hall–Kier alpha value is -2.99. The predicted molar refractivity (Wildman–Crippen MR) is 105 cm³/mol. The molecule has 1 amide bonds. The van der Waals surface area contributed by atoms with Crippen LogP contribution < -0.4 is 16.6 Å². The minimum atomic E-state index is -0.557. The van der Waals surface area contributed by atoms with E-state index in [9.17, 15) is 9.59 Å². The fourth-order valence-electron chi connectivity index (χ4n) is 3.39. The third-order valence-corrected chi connectivity index (χ3v) is 4.71. The number of amides is 1. The largest absolute Gasteiger partial charge is 0.368 e. The summed E-state index contributed by atoms with van der Waals surface area (Å²) in [6, 6.07) is 17.6. The Kier molecular flexibility index (Phi) is 5.66. The highest BCUT2D eigenvalue weighted by atomic mass is 16.2. The van der Waals surface area contributed by atoms with Crippen LogP contribution in [0.3, 0.4) is 0 Å². The second kappa shape index (κ2) is 8.14. The number of quaternary nitrogens is 1. The van der Waals surface area contributed by atoms with Crippen molar-refractivity contribution in [1.82, 2.24) is 9.55 Å². The lowest BCUT2D eigenvalue weighted by Gasteiger charge is -2.20. The Morgan fingerprint density at radius 3 is 2.44 bits per heavy atom. The van der Waals surface area contributed by atoms with Gasteiger partial charge in [0, 0.05) is 11.5 Å². The van der Waals surface area contributed by atoms with E-state index in [0.717, 1.165) is 0 Å². The molecule has 0 aliphatic rings. The van der Waals surface area contributed by atoms with Gasteiger partial charge in [-0.1, -0.05) is 56.3 Å². The lowest BCUT2D eigenvalue weighted by atomic mass is 9.96. The van der Waals surface area contributed by atoms with Crippen LogP contribution in [-0.4, -0.2) is 15.5 Å². The number of nitrogens with two attached hydrogens (primary N) is 2. The molecule has 0 saturated carbocycles. The van der Waals surface area contributed by atoms with Gasteiger partial charge in [-0.2, -0.15) is 0 Å². The Morgan fingerprint density at radius 2 is 1.78 bits per heavy atom. The lowest BCUT2D eigenvalue weighted by molar-refractivity contribution is -0.718. The molecule has 27 heavy (non-hydrogen) atoms. The second-order valence-electron chi connectivity index (χ2n) is 7.02. The summed E-state index contributed by atoms with van der Waals surface area (Å²) >= 11 is 0. The molecule has 0 spiro atoms. The normalized spacial score (nSPS) is 12.4. The maximum Gasteiger partial charge on any atom is 0.262 e. The van der Waals surface area contributed by atoms with Gasteiger partial charge >= 0.3 is 0 Å². The van der Waals surface area contributed by atoms with Crippen molar-refractivity contribution in [3.8, 4) is 0 Å². The number of aromatic nitrogens is 2. The third kappa shape index (κ3) is 4.23. The number of carbonyl (C=O) groups is 1. The van der Waals surface area contributed by atoms with Crippen LogP contribution in [0.25, 0.3) is 10.9 Å². The SMILES string of the molecule is CC(C)[C@@H]([NH2+]Cc1nc2ccccc2c(=O)n1CC(N)=O)c1ccccc1. The van der Waals surface area contributed by atoms with Gasteiger partial charge in [-0.3, -0.25) is 14.2 Å². The highest BCUT2D eigenvalue weighted by Crippen LogP contribution is 2.17. The maximum atomic E-state index is 12.8. The van der Waals surface area contributed by atoms with Crippen LogP contribution in [0.1, 0.15) is 31.3 Å². The molecule has 1 aromatic heterocycles. The summed E-state index contributed by atoms with van der Waals surface area (Å²) in [5.41, 5.74) is 6.98. The number of primary amides is 1. The van der Waals surface area contributed by atoms with Crippen LogP contribution in [0.5, 0.6) is 0 Å². The topological polar surface area (TPSA) is 94.6 Å². The molecule has 0 saturated heterocycles. The summed E-state index contributed by atoms with van der Waals surface area (Å²) in [5.74, 6) is 0.391. The number of hydrogen-bond acceptors (Lipinski definition) is 3. The van der Waals surface area contributed by atoms with Gasteiger partial charge in [0.25, 0.3) is 5.56 Å². The zero-order chi connectivity index (χ0) is 19.4. The van der Waals surface area contributed by atoms with E-state index in [1.165, 1.54) is 10.1 Å². The first kappa shape index (κ1) is 18.8. The molecule has 0 aliphatic heterocycles. The van der Waals surface area contributed by atoms with E-state index >= 15 is 0 Å². The molecule has 2 aromatic carbocycles. The van der Waals surface area contributed by atoms with Gasteiger partial charge in [-0.15, -0.1) is 0 Å². The van der Waals surface area contributed by atoms with Crippen molar-refractivity contribution in [1.29, 1.82) is 0 Å². The quantitative estimate of drug-likeness (QED) is 0.661. The fourth-order valence-corrected chi connectivity index (χ4v) is 3.39. The predicted octanol–water partition coefficient (Wildman–Crippen LogP) is 1.34. The van der Waals surface area contributed by atoms with Gasteiger partial charge in [0.05, 0.1) is 10.9 Å². The zero-order valence-electron chi connectivity index (χ0n) is 15.6. The zero-order valence-corrected chi connectivity index (χ0v) is 15.6. The van der Waals surface area contributed by atoms with E-state index in [-0.39, 0.29) is 18.1 Å². The van der Waals surface area contributed by atoms with Crippen molar-refractivity contribution < 1.29 is 10.1 Å². The van der Waals surface area contributed by atoms with E-state index in [1.807, 2.05) is 30.3 Å². The van der Waals surface area contributed by atoms with Gasteiger partial charge in [0.15, 0.2) is 5.82 Å². The smallest absolute Gasteiger partial charge is 0.262 e. The molecular formula is C21H25N4O2+. The molecule has 1 atom stereocenters. The number of hydrogen-bond donors (Lipinski definition) is 2. The van der Waals surface area contributed by atoms with Crippen LogP contribution in [0, 0.1) is 5.92 Å². The number of rotatable bonds is 7. The molecule has 6 heteroatoms. The second-order valence-corrected chi connectivity index (χ2v) is 7.02. The van der Waals surface area contributed by atoms with Crippen LogP contribution >= 0.6 is 0 Å². The number of fused-ring (bicyclic) bond motifs is 1. The standard InChI is InChI=1S/C21H24N4O2/c1-14(2)20(15-8-4-3-5-9-15)23-12-19-24-17-11-7-6-10-16(17)21(27)25(19)13-18(22)26/h3-11,14,20,23H,12-13H2,1-2H3,(H2,22,26)/p+1/t20-/m1/s1. The average molecular weight is 365 g/mol. The Morgan fingerprint density at radius 1 is 1.11 bits per heavy atom. The number of benzene rings is 2. The van der Waals surface area contributed by atoms with E-state index in [2.05, 4.69) is 36.3 Å². The molecule has 4 N–H and O–H groups in total. The van der Waals surface area contributed by atoms with Crippen LogP contribution in [0.15, 0.2) is 59.4 Å². The molecule has 0 unspecified atom stereocenters. The number of carbonyl (C=O) groups excluding carboxylic acids is 1. The molecule has 1 heterocycles. The van der Waals surface area contributed by atoms with Crippen molar-refractivity contribution in [2.45, 2.75) is 33.0 Å². The fraction of sp³-hybridized carbons (Fsp3) is 0.286. The highest BCUT2D eigenvalue weighted by Gasteiger charge is 2.21. The van der Waals surface area contributed by atoms with Gasteiger partial charge in [-0.25, -0.2) is 4.98 Å². The minimum Gasteiger partial charge on any atom is -0.368 e. The first-order valence-electron chi connectivity index (χ1n) is 9.12. The molecular weight excluding hydrogens is 340 g/mol. The van der Waals surface area contributed by atoms with E-state index in [0.29, 0.717) is 29.2 Å². The van der Waals surface area contributed by atoms with Gasteiger partial charge < -0.3 is 11.1 Å². The summed E-state index contributed by atoms with van der Waals surface area (Å²) in [5, 5.41) is 2.65. The van der Waals surface area contributed by atoms with Crippen molar-refractivity contribution in [2.75, 3.05) is 0 Å². The third-order valence-electron chi connectivity index (χ3n) is 4.71. The average Bonchev–Trinajstić information content (AvgIpc) is 2.65. The first-order valence-corrected chi connectivity index (χ1v) is 9.12. The molecule has 0 bridgehead atoms. The Balaban J connectivity index is 1.97. The van der Waals surface area contributed by atoms with E-state index < -0.39 is 5.91 Å². The minimum absolute atomic E-state index is 0.169. The van der Waals surface area contributed by atoms with Gasteiger partial charge in [-0.05, 0) is 12.1 Å². The molecule has 140 valence electrons. The molecule has 3 aromatic rings. The summed E-state index contributed by atoms with van der Waals surface area (Å²) in [6.07, 6.45) is 0. The van der Waals surface area contributed by atoms with Crippen LogP contribution in [0.2, 0.25) is 0 Å². The maximum absolute atomic E-state index is 12.8. The van der Waals surface area contributed by atoms with Gasteiger partial charge in [0.2, 0.25) is 5.91 Å². The Labute approximate surface area is 158 Å². The van der Waals surface area contributed by atoms with Crippen molar-refractivity contribution >= 4 is 16.8 Å². The summed E-state index contributed by atoms with van der Waals surface area (Å²) in [4.78, 5) is 29.0.